The first kappa shape index (κ1) is 17.6. The van der Waals surface area contributed by atoms with Crippen molar-refractivity contribution in [1.29, 1.82) is 0 Å². The summed E-state index contributed by atoms with van der Waals surface area (Å²) in [4.78, 5) is 7.01. The number of hydrogen-bond donors (Lipinski definition) is 2. The maximum Gasteiger partial charge on any atom is 0.194 e. The number of nitrogens with one attached hydrogen (secondary N) is 1. The van der Waals surface area contributed by atoms with Gasteiger partial charge in [0.05, 0.1) is 12.1 Å². The minimum Gasteiger partial charge on any atom is -0.388 e. The highest BCUT2D eigenvalue weighted by molar-refractivity contribution is 8.00. The van der Waals surface area contributed by atoms with Crippen molar-refractivity contribution in [2.24, 2.45) is 4.99 Å². The molecule has 1 saturated heterocycles. The van der Waals surface area contributed by atoms with Crippen molar-refractivity contribution in [3.05, 3.63) is 0 Å². The summed E-state index contributed by atoms with van der Waals surface area (Å²) in [6, 6.07) is 0. The van der Waals surface area contributed by atoms with Crippen LogP contribution in [0.1, 0.15) is 47.5 Å². The molecule has 1 rings (SSSR count). The van der Waals surface area contributed by atoms with E-state index >= 15 is 0 Å². The van der Waals surface area contributed by atoms with Crippen molar-refractivity contribution in [1.82, 2.24) is 10.2 Å². The third kappa shape index (κ3) is 5.17. The third-order valence-corrected chi connectivity index (χ3v) is 5.20. The predicted molar refractivity (Wildman–Crippen MR) is 89.6 cm³/mol. The zero-order valence-corrected chi connectivity index (χ0v) is 14.5. The molecule has 1 aliphatic rings. The fourth-order valence-electron chi connectivity index (χ4n) is 2.32. The Bertz CT molecular complexity index is 327. The molecule has 0 aliphatic carbocycles. The maximum atomic E-state index is 10.4. The number of guanidine groups is 1. The SMILES string of the molecule is CCNC(=NCC(O)(CC)CC)N1CCSC(C)(C)C1. The Morgan fingerprint density at radius 3 is 2.50 bits per heavy atom. The molecule has 0 saturated carbocycles. The van der Waals surface area contributed by atoms with Crippen molar-refractivity contribution >= 4 is 17.7 Å². The van der Waals surface area contributed by atoms with Gasteiger partial charge in [-0.3, -0.25) is 4.99 Å². The van der Waals surface area contributed by atoms with Crippen LogP contribution in [0.2, 0.25) is 0 Å². The Morgan fingerprint density at radius 2 is 2.00 bits per heavy atom. The molecule has 0 aromatic carbocycles. The molecule has 0 aromatic rings. The van der Waals surface area contributed by atoms with Crippen LogP contribution in [0.4, 0.5) is 0 Å². The molecular weight excluding hydrogens is 270 g/mol. The van der Waals surface area contributed by atoms with Gasteiger partial charge in [0.2, 0.25) is 0 Å². The van der Waals surface area contributed by atoms with Crippen molar-refractivity contribution < 1.29 is 5.11 Å². The van der Waals surface area contributed by atoms with Crippen LogP contribution >= 0.6 is 11.8 Å². The van der Waals surface area contributed by atoms with Crippen molar-refractivity contribution in [3.8, 4) is 0 Å². The number of aliphatic imine (C=N–C) groups is 1. The molecule has 0 aromatic heterocycles. The quantitative estimate of drug-likeness (QED) is 0.604. The molecule has 4 nitrogen and oxygen atoms in total. The van der Waals surface area contributed by atoms with Gasteiger partial charge in [0, 0.05) is 30.1 Å². The van der Waals surface area contributed by atoms with Gasteiger partial charge in [-0.2, -0.15) is 11.8 Å². The normalized spacial score (nSPS) is 20.1. The lowest BCUT2D eigenvalue weighted by atomic mass is 9.98. The number of hydrogen-bond acceptors (Lipinski definition) is 3. The number of rotatable bonds is 5. The smallest absolute Gasteiger partial charge is 0.194 e. The van der Waals surface area contributed by atoms with Gasteiger partial charge in [-0.15, -0.1) is 0 Å². The molecule has 5 heteroatoms. The molecule has 0 radical (unpaired) electrons. The molecule has 1 fully saturated rings. The van der Waals surface area contributed by atoms with E-state index < -0.39 is 5.60 Å². The van der Waals surface area contributed by atoms with Gasteiger partial charge in [-0.25, -0.2) is 0 Å². The van der Waals surface area contributed by atoms with Gasteiger partial charge in [0.25, 0.3) is 0 Å². The average Bonchev–Trinajstić information content (AvgIpc) is 2.42. The van der Waals surface area contributed by atoms with Crippen LogP contribution in [0.3, 0.4) is 0 Å². The zero-order valence-electron chi connectivity index (χ0n) is 13.7. The van der Waals surface area contributed by atoms with Crippen molar-refractivity contribution in [2.75, 3.05) is 31.9 Å². The standard InChI is InChI=1S/C15H31N3OS/c1-6-15(19,7-2)11-17-13(16-8-3)18-9-10-20-14(4,5)12-18/h19H,6-12H2,1-5H3,(H,16,17). The van der Waals surface area contributed by atoms with Gasteiger partial charge in [0.15, 0.2) is 5.96 Å². The largest absolute Gasteiger partial charge is 0.388 e. The summed E-state index contributed by atoms with van der Waals surface area (Å²) in [5.41, 5.74) is -0.666. The average molecular weight is 302 g/mol. The van der Waals surface area contributed by atoms with E-state index in [4.69, 9.17) is 0 Å². The van der Waals surface area contributed by atoms with E-state index in [1.54, 1.807) is 0 Å². The summed E-state index contributed by atoms with van der Waals surface area (Å²) in [7, 11) is 0. The van der Waals surface area contributed by atoms with Gasteiger partial charge in [-0.1, -0.05) is 13.8 Å². The minimum atomic E-state index is -0.666. The molecule has 0 unspecified atom stereocenters. The van der Waals surface area contributed by atoms with Crippen LogP contribution < -0.4 is 5.32 Å². The Kier molecular flexibility index (Phi) is 6.65. The second-order valence-electron chi connectivity index (χ2n) is 6.13. The van der Waals surface area contributed by atoms with Crippen molar-refractivity contribution in [3.63, 3.8) is 0 Å². The molecular formula is C15H31N3OS. The van der Waals surface area contributed by atoms with Gasteiger partial charge < -0.3 is 15.3 Å². The summed E-state index contributed by atoms with van der Waals surface area (Å²) in [5.74, 6) is 2.07. The van der Waals surface area contributed by atoms with E-state index in [9.17, 15) is 5.11 Å². The lowest BCUT2D eigenvalue weighted by Crippen LogP contribution is -2.51. The van der Waals surface area contributed by atoms with Crippen LogP contribution in [-0.4, -0.2) is 58.2 Å². The Morgan fingerprint density at radius 1 is 1.35 bits per heavy atom. The molecule has 118 valence electrons. The highest BCUT2D eigenvalue weighted by Crippen LogP contribution is 2.29. The molecule has 0 amide bonds. The van der Waals surface area contributed by atoms with E-state index in [2.05, 4.69) is 36.0 Å². The predicted octanol–water partition coefficient (Wildman–Crippen LogP) is 2.33. The van der Waals surface area contributed by atoms with Gasteiger partial charge >= 0.3 is 0 Å². The second-order valence-corrected chi connectivity index (χ2v) is 7.93. The second kappa shape index (κ2) is 7.55. The topological polar surface area (TPSA) is 47.9 Å². The molecule has 0 atom stereocenters. The van der Waals surface area contributed by atoms with Crippen LogP contribution in [-0.2, 0) is 0 Å². The Labute approximate surface area is 128 Å². The fourth-order valence-corrected chi connectivity index (χ4v) is 3.43. The van der Waals surface area contributed by atoms with E-state index in [1.807, 2.05) is 25.6 Å². The molecule has 0 bridgehead atoms. The Hall–Kier alpha value is -0.420. The highest BCUT2D eigenvalue weighted by atomic mass is 32.2. The first-order valence-corrected chi connectivity index (χ1v) is 8.74. The first-order chi connectivity index (χ1) is 9.36. The third-order valence-electron chi connectivity index (χ3n) is 3.90. The first-order valence-electron chi connectivity index (χ1n) is 7.75. The highest BCUT2D eigenvalue weighted by Gasteiger charge is 2.29. The molecule has 1 heterocycles. The monoisotopic (exact) mass is 301 g/mol. The van der Waals surface area contributed by atoms with E-state index in [0.717, 1.165) is 44.2 Å². The van der Waals surface area contributed by atoms with E-state index in [-0.39, 0.29) is 4.75 Å². The summed E-state index contributed by atoms with van der Waals surface area (Å²) in [6.45, 7) is 14.1. The summed E-state index contributed by atoms with van der Waals surface area (Å²) < 4.78 is 0.264. The van der Waals surface area contributed by atoms with Crippen LogP contribution in [0, 0.1) is 0 Å². The minimum absolute atomic E-state index is 0.264. The lowest BCUT2D eigenvalue weighted by molar-refractivity contribution is 0.0415. The zero-order chi connectivity index (χ0) is 15.2. The van der Waals surface area contributed by atoms with Crippen molar-refractivity contribution in [2.45, 2.75) is 57.8 Å². The number of nitrogens with zero attached hydrogens (tertiary/aromatic N) is 2. The fraction of sp³-hybridized carbons (Fsp3) is 0.933. The van der Waals surface area contributed by atoms with Crippen LogP contribution in [0.15, 0.2) is 4.99 Å². The molecule has 1 aliphatic heterocycles. The summed E-state index contributed by atoms with van der Waals surface area (Å²) >= 11 is 2.02. The van der Waals surface area contributed by atoms with E-state index in [1.165, 1.54) is 0 Å². The number of aliphatic hydroxyl groups is 1. The summed E-state index contributed by atoms with van der Waals surface area (Å²) in [6.07, 6.45) is 1.49. The van der Waals surface area contributed by atoms with Gasteiger partial charge in [-0.05, 0) is 33.6 Å². The van der Waals surface area contributed by atoms with Crippen LogP contribution in [0.25, 0.3) is 0 Å². The molecule has 20 heavy (non-hydrogen) atoms. The van der Waals surface area contributed by atoms with E-state index in [0.29, 0.717) is 6.54 Å². The van der Waals surface area contributed by atoms with Crippen LogP contribution in [0.5, 0.6) is 0 Å². The Balaban J connectivity index is 2.77. The summed E-state index contributed by atoms with van der Waals surface area (Å²) in [5, 5.41) is 13.8. The number of thioether (sulfide) groups is 1. The molecule has 2 N–H and O–H groups in total. The van der Waals surface area contributed by atoms with Gasteiger partial charge in [0.1, 0.15) is 0 Å². The molecule has 0 spiro atoms. The lowest BCUT2D eigenvalue weighted by Gasteiger charge is -2.39. The maximum absolute atomic E-state index is 10.4.